The van der Waals surface area contributed by atoms with Gasteiger partial charge in [-0.1, -0.05) is 23.7 Å². The molecular weight excluding hydrogens is 252 g/mol. The van der Waals surface area contributed by atoms with Crippen LogP contribution < -0.4 is 0 Å². The van der Waals surface area contributed by atoms with Crippen molar-refractivity contribution in [2.24, 2.45) is 0 Å². The molecule has 0 spiro atoms. The Morgan fingerprint density at radius 3 is 2.33 bits per heavy atom. The Balaban J connectivity index is 2.69. The van der Waals surface area contributed by atoms with Gasteiger partial charge >= 0.3 is 5.97 Å². The van der Waals surface area contributed by atoms with Gasteiger partial charge in [0, 0.05) is 10.6 Å². The zero-order valence-electron chi connectivity index (χ0n) is 9.94. The van der Waals surface area contributed by atoms with E-state index in [1.54, 1.807) is 38.1 Å². The van der Waals surface area contributed by atoms with Crippen molar-refractivity contribution in [3.8, 4) is 11.3 Å². The van der Waals surface area contributed by atoms with Gasteiger partial charge in [-0.25, -0.2) is 14.8 Å². The van der Waals surface area contributed by atoms with Gasteiger partial charge in [-0.15, -0.1) is 0 Å². The fraction of sp³-hybridized carbons (Fsp3) is 0.154. The Kier molecular flexibility index (Phi) is 3.30. The molecule has 2 rings (SSSR count). The van der Waals surface area contributed by atoms with E-state index in [4.69, 9.17) is 11.6 Å². The lowest BCUT2D eigenvalue weighted by Gasteiger charge is -2.09. The van der Waals surface area contributed by atoms with Gasteiger partial charge in [0.2, 0.25) is 0 Å². The Labute approximate surface area is 109 Å². The minimum absolute atomic E-state index is 0.128. The van der Waals surface area contributed by atoms with Gasteiger partial charge in [0.05, 0.1) is 11.4 Å². The first-order valence-electron chi connectivity index (χ1n) is 5.33. The molecule has 1 heterocycles. The SMILES string of the molecule is Cc1nc(C)c(C(=O)O)c(-c2ccc(Cl)cc2)n1. The maximum atomic E-state index is 11.3. The fourth-order valence-corrected chi connectivity index (χ4v) is 1.91. The van der Waals surface area contributed by atoms with Crippen LogP contribution in [0.5, 0.6) is 0 Å². The Hall–Kier alpha value is -1.94. The number of benzene rings is 1. The maximum absolute atomic E-state index is 11.3. The summed E-state index contributed by atoms with van der Waals surface area (Å²) >= 11 is 5.81. The number of nitrogens with zero attached hydrogens (tertiary/aromatic N) is 2. The van der Waals surface area contributed by atoms with Gasteiger partial charge in [-0.2, -0.15) is 0 Å². The van der Waals surface area contributed by atoms with Crippen LogP contribution in [0.2, 0.25) is 5.02 Å². The molecule has 0 aliphatic carbocycles. The summed E-state index contributed by atoms with van der Waals surface area (Å²) in [6.45, 7) is 3.40. The minimum Gasteiger partial charge on any atom is -0.478 e. The fourth-order valence-electron chi connectivity index (χ4n) is 1.79. The largest absolute Gasteiger partial charge is 0.478 e. The van der Waals surface area contributed by atoms with Gasteiger partial charge in [0.1, 0.15) is 11.4 Å². The molecule has 0 aliphatic heterocycles. The van der Waals surface area contributed by atoms with Crippen molar-refractivity contribution in [1.82, 2.24) is 9.97 Å². The molecule has 0 radical (unpaired) electrons. The highest BCUT2D eigenvalue weighted by atomic mass is 35.5. The first kappa shape index (κ1) is 12.5. The molecule has 0 amide bonds. The summed E-state index contributed by atoms with van der Waals surface area (Å²) in [5, 5.41) is 9.84. The van der Waals surface area contributed by atoms with E-state index in [0.717, 1.165) is 0 Å². The number of halogens is 1. The maximum Gasteiger partial charge on any atom is 0.339 e. The molecule has 5 heteroatoms. The van der Waals surface area contributed by atoms with Crippen LogP contribution in [-0.2, 0) is 0 Å². The lowest BCUT2D eigenvalue weighted by molar-refractivity contribution is 0.0696. The second-order valence-corrected chi connectivity index (χ2v) is 4.33. The van der Waals surface area contributed by atoms with Crippen molar-refractivity contribution in [1.29, 1.82) is 0 Å². The molecule has 1 N–H and O–H groups in total. The number of hydrogen-bond donors (Lipinski definition) is 1. The van der Waals surface area contributed by atoms with Gasteiger partial charge in [0.25, 0.3) is 0 Å². The number of carbonyl (C=O) groups is 1. The van der Waals surface area contributed by atoms with Gasteiger partial charge < -0.3 is 5.11 Å². The summed E-state index contributed by atoms with van der Waals surface area (Å²) in [5.74, 6) is -0.486. The molecule has 0 atom stereocenters. The van der Waals surface area contributed by atoms with Gasteiger partial charge in [-0.3, -0.25) is 0 Å². The highest BCUT2D eigenvalue weighted by Crippen LogP contribution is 2.25. The smallest absolute Gasteiger partial charge is 0.339 e. The van der Waals surface area contributed by atoms with Crippen LogP contribution >= 0.6 is 11.6 Å². The van der Waals surface area contributed by atoms with Crippen molar-refractivity contribution in [2.45, 2.75) is 13.8 Å². The van der Waals surface area contributed by atoms with Crippen LogP contribution in [0, 0.1) is 13.8 Å². The number of hydrogen-bond acceptors (Lipinski definition) is 3. The topological polar surface area (TPSA) is 63.1 Å². The summed E-state index contributed by atoms with van der Waals surface area (Å²) in [4.78, 5) is 19.6. The van der Waals surface area contributed by atoms with E-state index in [1.165, 1.54) is 0 Å². The third-order valence-electron chi connectivity index (χ3n) is 2.53. The van der Waals surface area contributed by atoms with Crippen LogP contribution in [0.1, 0.15) is 21.9 Å². The molecule has 18 heavy (non-hydrogen) atoms. The van der Waals surface area contributed by atoms with E-state index >= 15 is 0 Å². The van der Waals surface area contributed by atoms with Crippen LogP contribution in [0.15, 0.2) is 24.3 Å². The minimum atomic E-state index is -1.03. The van der Waals surface area contributed by atoms with Crippen molar-refractivity contribution in [3.05, 3.63) is 46.4 Å². The molecule has 0 fully saturated rings. The molecular formula is C13H11ClN2O2. The summed E-state index contributed by atoms with van der Waals surface area (Å²) < 4.78 is 0. The summed E-state index contributed by atoms with van der Waals surface area (Å²) in [6.07, 6.45) is 0. The van der Waals surface area contributed by atoms with E-state index in [-0.39, 0.29) is 5.56 Å². The molecule has 92 valence electrons. The van der Waals surface area contributed by atoms with E-state index in [0.29, 0.717) is 27.8 Å². The van der Waals surface area contributed by atoms with Crippen molar-refractivity contribution in [2.75, 3.05) is 0 Å². The third kappa shape index (κ3) is 2.33. The van der Waals surface area contributed by atoms with E-state index in [1.807, 2.05) is 0 Å². The molecule has 0 saturated carbocycles. The lowest BCUT2D eigenvalue weighted by atomic mass is 10.0. The Morgan fingerprint density at radius 1 is 1.17 bits per heavy atom. The first-order chi connectivity index (χ1) is 8.49. The van der Waals surface area contributed by atoms with E-state index < -0.39 is 5.97 Å². The molecule has 0 unspecified atom stereocenters. The summed E-state index contributed by atoms with van der Waals surface area (Å²) in [7, 11) is 0. The number of carboxylic acid groups (broad SMARTS) is 1. The van der Waals surface area contributed by atoms with E-state index in [2.05, 4.69) is 9.97 Å². The predicted octanol–water partition coefficient (Wildman–Crippen LogP) is 3.11. The van der Waals surface area contributed by atoms with E-state index in [9.17, 15) is 9.90 Å². The number of aromatic nitrogens is 2. The first-order valence-corrected chi connectivity index (χ1v) is 5.71. The second kappa shape index (κ2) is 4.74. The van der Waals surface area contributed by atoms with Crippen LogP contribution in [-0.4, -0.2) is 21.0 Å². The quantitative estimate of drug-likeness (QED) is 0.903. The van der Waals surface area contributed by atoms with Crippen molar-refractivity contribution in [3.63, 3.8) is 0 Å². The monoisotopic (exact) mass is 262 g/mol. The van der Waals surface area contributed by atoms with Gasteiger partial charge in [0.15, 0.2) is 0 Å². The molecule has 0 saturated heterocycles. The van der Waals surface area contributed by atoms with Crippen LogP contribution in [0.4, 0.5) is 0 Å². The standard InChI is InChI=1S/C13H11ClN2O2/c1-7-11(13(17)18)12(16-8(2)15-7)9-3-5-10(14)6-4-9/h3-6H,1-2H3,(H,17,18). The normalized spacial score (nSPS) is 10.4. The lowest BCUT2D eigenvalue weighted by Crippen LogP contribution is -2.08. The number of rotatable bonds is 2. The third-order valence-corrected chi connectivity index (χ3v) is 2.79. The zero-order chi connectivity index (χ0) is 13.3. The van der Waals surface area contributed by atoms with Crippen molar-refractivity contribution < 1.29 is 9.90 Å². The highest BCUT2D eigenvalue weighted by molar-refractivity contribution is 6.30. The molecule has 2 aromatic rings. The van der Waals surface area contributed by atoms with Crippen LogP contribution in [0.25, 0.3) is 11.3 Å². The van der Waals surface area contributed by atoms with Gasteiger partial charge in [-0.05, 0) is 26.0 Å². The number of aryl methyl sites for hydroxylation is 2. The highest BCUT2D eigenvalue weighted by Gasteiger charge is 2.18. The second-order valence-electron chi connectivity index (χ2n) is 3.89. The Bertz CT molecular complexity index is 609. The number of aromatic carboxylic acids is 1. The Morgan fingerprint density at radius 2 is 1.78 bits per heavy atom. The average molecular weight is 263 g/mol. The number of carboxylic acids is 1. The molecule has 1 aromatic carbocycles. The average Bonchev–Trinajstić information content (AvgIpc) is 2.28. The summed E-state index contributed by atoms with van der Waals surface area (Å²) in [6, 6.07) is 6.90. The molecule has 4 nitrogen and oxygen atoms in total. The van der Waals surface area contributed by atoms with Crippen molar-refractivity contribution >= 4 is 17.6 Å². The summed E-state index contributed by atoms with van der Waals surface area (Å²) in [5.41, 5.74) is 1.72. The molecule has 0 aliphatic rings. The predicted molar refractivity (Wildman–Crippen MR) is 68.9 cm³/mol. The molecule has 0 bridgehead atoms. The molecule has 1 aromatic heterocycles. The zero-order valence-corrected chi connectivity index (χ0v) is 10.7. The van der Waals surface area contributed by atoms with Crippen LogP contribution in [0.3, 0.4) is 0 Å².